The molecule has 106 heavy (non-hydrogen) atoms. The minimum Gasteiger partial charge on any atom is -0.462 e. The first kappa shape index (κ1) is 104. The number of phosphoric acid groups is 2. The Bertz CT molecular complexity index is 2020. The highest BCUT2D eigenvalue weighted by atomic mass is 31.2. The van der Waals surface area contributed by atoms with E-state index >= 15 is 0 Å². The second-order valence-corrected chi connectivity index (χ2v) is 34.4. The van der Waals surface area contributed by atoms with E-state index < -0.39 is 97.5 Å². The lowest BCUT2D eigenvalue weighted by atomic mass is 9.99. The molecule has 0 aliphatic carbocycles. The molecule has 0 aliphatic heterocycles. The van der Waals surface area contributed by atoms with Crippen LogP contribution in [-0.2, 0) is 65.4 Å². The van der Waals surface area contributed by atoms with Crippen molar-refractivity contribution >= 4 is 39.5 Å². The summed E-state index contributed by atoms with van der Waals surface area (Å²) in [5.41, 5.74) is 0. The average Bonchev–Trinajstić information content (AvgIpc) is 0.902. The summed E-state index contributed by atoms with van der Waals surface area (Å²) in [5.74, 6) is -1.25. The lowest BCUT2D eigenvalue weighted by Crippen LogP contribution is -2.30. The monoisotopic (exact) mass is 1550 g/mol. The molecule has 0 saturated carbocycles. The van der Waals surface area contributed by atoms with Gasteiger partial charge in [0.1, 0.15) is 19.3 Å². The molecular formula is C87H170O17P2. The Labute approximate surface area is 651 Å². The van der Waals surface area contributed by atoms with Gasteiger partial charge in [0, 0.05) is 25.7 Å². The zero-order valence-electron chi connectivity index (χ0n) is 69.6. The number of carbonyl (C=O) groups is 4. The van der Waals surface area contributed by atoms with E-state index in [1.165, 1.54) is 295 Å². The molecule has 0 aromatic rings. The number of rotatable bonds is 87. The Balaban J connectivity index is 5.20. The Morgan fingerprint density at radius 2 is 0.453 bits per heavy atom. The van der Waals surface area contributed by atoms with Crippen LogP contribution < -0.4 is 0 Å². The molecule has 3 unspecified atom stereocenters. The van der Waals surface area contributed by atoms with Crippen LogP contribution in [0.2, 0.25) is 0 Å². The van der Waals surface area contributed by atoms with Gasteiger partial charge in [0.05, 0.1) is 26.4 Å². The van der Waals surface area contributed by atoms with Crippen LogP contribution in [0.25, 0.3) is 0 Å². The van der Waals surface area contributed by atoms with Gasteiger partial charge in [-0.3, -0.25) is 37.3 Å². The van der Waals surface area contributed by atoms with Gasteiger partial charge in [0.15, 0.2) is 12.2 Å². The van der Waals surface area contributed by atoms with Crippen molar-refractivity contribution < 1.29 is 80.2 Å². The molecule has 0 aliphatic rings. The first-order chi connectivity index (χ1) is 51.6. The first-order valence-corrected chi connectivity index (χ1v) is 48.2. The quantitative estimate of drug-likeness (QED) is 0.0222. The second kappa shape index (κ2) is 79.7. The fourth-order valence-electron chi connectivity index (χ4n) is 13.6. The molecule has 0 heterocycles. The molecular weight excluding hydrogens is 1380 g/mol. The van der Waals surface area contributed by atoms with Crippen LogP contribution in [0.5, 0.6) is 0 Å². The van der Waals surface area contributed by atoms with Crippen LogP contribution in [-0.4, -0.2) is 96.7 Å². The van der Waals surface area contributed by atoms with Crippen molar-refractivity contribution in [1.29, 1.82) is 0 Å². The zero-order chi connectivity index (χ0) is 77.6. The minimum atomic E-state index is -4.97. The predicted molar refractivity (Wildman–Crippen MR) is 437 cm³/mol. The van der Waals surface area contributed by atoms with E-state index in [1.807, 2.05) is 0 Å². The van der Waals surface area contributed by atoms with Crippen molar-refractivity contribution in [3.05, 3.63) is 0 Å². The van der Waals surface area contributed by atoms with E-state index in [-0.39, 0.29) is 25.7 Å². The molecule has 0 spiro atoms. The van der Waals surface area contributed by atoms with Crippen LogP contribution in [0.15, 0.2) is 0 Å². The van der Waals surface area contributed by atoms with Gasteiger partial charge in [-0.1, -0.05) is 420 Å². The molecule has 0 aromatic carbocycles. The van der Waals surface area contributed by atoms with Gasteiger partial charge in [0.2, 0.25) is 0 Å². The van der Waals surface area contributed by atoms with Gasteiger partial charge in [-0.15, -0.1) is 0 Å². The van der Waals surface area contributed by atoms with E-state index in [4.69, 9.17) is 37.0 Å². The first-order valence-electron chi connectivity index (χ1n) is 45.2. The standard InChI is InChI=1S/C87H170O17P2/c1-6-10-13-16-19-22-24-26-28-30-31-32-33-34-36-38-44-48-53-58-63-68-73-87(92)104-83(77-98-85(90)71-66-61-56-51-46-42-40-39-41-45-50-54-59-64-69-80(5)9-4)79-102-106(95,96)100-75-81(88)74-99-105(93,94)101-78-82(76-97-84(89)70-65-60-55-49-21-18-15-12-8-3)103-86(91)72-67-62-57-52-47-43-37-35-29-27-25-23-20-17-14-11-7-2/h80-83,88H,6-79H2,1-5H3,(H,93,94)(H,95,96)/t80?,81-,82+,83+/m0/s1. The molecule has 6 atom stereocenters. The van der Waals surface area contributed by atoms with E-state index in [2.05, 4.69) is 34.6 Å². The second-order valence-electron chi connectivity index (χ2n) is 31.5. The lowest BCUT2D eigenvalue weighted by Gasteiger charge is -2.21. The smallest absolute Gasteiger partial charge is 0.462 e. The number of unbranched alkanes of at least 4 members (excludes halogenated alkanes) is 58. The van der Waals surface area contributed by atoms with Gasteiger partial charge in [-0.2, -0.15) is 0 Å². The number of aliphatic hydroxyl groups is 1. The summed E-state index contributed by atoms with van der Waals surface area (Å²) in [6.07, 6.45) is 73.6. The van der Waals surface area contributed by atoms with E-state index in [1.54, 1.807) is 0 Å². The third-order valence-electron chi connectivity index (χ3n) is 20.9. The molecule has 0 fully saturated rings. The highest BCUT2D eigenvalue weighted by Gasteiger charge is 2.30. The maximum atomic E-state index is 13.2. The Morgan fingerprint density at radius 3 is 0.670 bits per heavy atom. The number of ether oxygens (including phenoxy) is 4. The van der Waals surface area contributed by atoms with Gasteiger partial charge < -0.3 is 33.8 Å². The summed E-state index contributed by atoms with van der Waals surface area (Å²) in [6.45, 7) is 7.41. The fraction of sp³-hybridized carbons (Fsp3) is 0.954. The van der Waals surface area contributed by atoms with Gasteiger partial charge in [-0.05, 0) is 31.6 Å². The molecule has 630 valence electrons. The minimum absolute atomic E-state index is 0.109. The molecule has 19 heteroatoms. The highest BCUT2D eigenvalue weighted by molar-refractivity contribution is 7.47. The number of hydrogen-bond acceptors (Lipinski definition) is 15. The Morgan fingerprint density at radius 1 is 0.264 bits per heavy atom. The molecule has 0 rings (SSSR count). The van der Waals surface area contributed by atoms with E-state index in [9.17, 15) is 43.2 Å². The summed E-state index contributed by atoms with van der Waals surface area (Å²) < 4.78 is 68.9. The van der Waals surface area contributed by atoms with Gasteiger partial charge in [-0.25, -0.2) is 9.13 Å². The van der Waals surface area contributed by atoms with Crippen LogP contribution in [0.3, 0.4) is 0 Å². The summed E-state index contributed by atoms with van der Waals surface area (Å²) in [6, 6.07) is 0. The van der Waals surface area contributed by atoms with E-state index in [0.29, 0.717) is 25.7 Å². The molecule has 0 bridgehead atoms. The fourth-order valence-corrected chi connectivity index (χ4v) is 15.2. The lowest BCUT2D eigenvalue weighted by molar-refractivity contribution is -0.161. The molecule has 0 aromatic heterocycles. The number of hydrogen-bond donors (Lipinski definition) is 3. The predicted octanol–water partition coefficient (Wildman–Crippen LogP) is 26.8. The summed E-state index contributed by atoms with van der Waals surface area (Å²) in [4.78, 5) is 73.2. The number of aliphatic hydroxyl groups excluding tert-OH is 1. The number of esters is 4. The van der Waals surface area contributed by atoms with Crippen LogP contribution >= 0.6 is 15.6 Å². The summed E-state index contributed by atoms with van der Waals surface area (Å²) >= 11 is 0. The third-order valence-corrected chi connectivity index (χ3v) is 22.8. The maximum absolute atomic E-state index is 13.2. The molecule has 3 N–H and O–H groups in total. The van der Waals surface area contributed by atoms with Crippen LogP contribution in [0.4, 0.5) is 0 Å². The van der Waals surface area contributed by atoms with Gasteiger partial charge >= 0.3 is 39.5 Å². The Hall–Kier alpha value is -1.94. The molecule has 0 saturated heterocycles. The zero-order valence-corrected chi connectivity index (χ0v) is 71.4. The van der Waals surface area contributed by atoms with Crippen LogP contribution in [0.1, 0.15) is 471 Å². The van der Waals surface area contributed by atoms with Crippen molar-refractivity contribution in [2.75, 3.05) is 39.6 Å². The summed E-state index contributed by atoms with van der Waals surface area (Å²) in [5, 5.41) is 10.7. The SMILES string of the molecule is CCCCCCCCCCCCCCCCCCCCCCCCC(=O)O[C@H](COC(=O)CCCCCCCCCCCCCCCCC(C)CC)COP(=O)(O)OC[C@@H](O)COP(=O)(O)OC[C@@H](COC(=O)CCCCCCCCCCC)OC(=O)CCCCCCCCCCCCCCCCCCC. The largest absolute Gasteiger partial charge is 0.472 e. The summed E-state index contributed by atoms with van der Waals surface area (Å²) in [7, 11) is -9.93. The van der Waals surface area contributed by atoms with Crippen molar-refractivity contribution in [2.45, 2.75) is 490 Å². The third kappa shape index (κ3) is 78.7. The molecule has 17 nitrogen and oxygen atoms in total. The Kier molecular flexibility index (Phi) is 78.2. The van der Waals surface area contributed by atoms with Crippen molar-refractivity contribution in [1.82, 2.24) is 0 Å². The topological polar surface area (TPSA) is 237 Å². The number of phosphoric ester groups is 2. The average molecular weight is 1550 g/mol. The van der Waals surface area contributed by atoms with Crippen molar-refractivity contribution in [2.24, 2.45) is 5.92 Å². The van der Waals surface area contributed by atoms with Crippen LogP contribution in [0, 0.1) is 5.92 Å². The van der Waals surface area contributed by atoms with Crippen molar-refractivity contribution in [3.8, 4) is 0 Å². The van der Waals surface area contributed by atoms with Crippen molar-refractivity contribution in [3.63, 3.8) is 0 Å². The van der Waals surface area contributed by atoms with E-state index in [0.717, 1.165) is 95.8 Å². The normalized spacial score (nSPS) is 14.0. The maximum Gasteiger partial charge on any atom is 0.472 e. The number of carbonyl (C=O) groups excluding carboxylic acids is 4. The highest BCUT2D eigenvalue weighted by Crippen LogP contribution is 2.45. The molecule has 0 radical (unpaired) electrons. The molecule has 0 amide bonds. The van der Waals surface area contributed by atoms with Gasteiger partial charge in [0.25, 0.3) is 0 Å².